The third-order valence-electron chi connectivity index (χ3n) is 4.28. The van der Waals surface area contributed by atoms with Crippen LogP contribution in [-0.2, 0) is 9.59 Å². The van der Waals surface area contributed by atoms with Crippen molar-refractivity contribution >= 4 is 29.1 Å². The number of nitrogens with one attached hydrogen (secondary N) is 2. The molecule has 0 aliphatic heterocycles. The lowest BCUT2D eigenvalue weighted by molar-refractivity contribution is -0.136. The molecule has 3 rings (SSSR count). The summed E-state index contributed by atoms with van der Waals surface area (Å²) in [6.07, 6.45) is 0.638. The zero-order valence-electron chi connectivity index (χ0n) is 15.1. The molecule has 7 heteroatoms. The van der Waals surface area contributed by atoms with Crippen LogP contribution in [-0.4, -0.2) is 23.5 Å². The Balaban J connectivity index is 1.55. The number of carbonyl (C=O) groups excluding carboxylic acids is 2. The first kappa shape index (κ1) is 19.7. The van der Waals surface area contributed by atoms with Crippen LogP contribution in [0.15, 0.2) is 65.3 Å². The summed E-state index contributed by atoms with van der Waals surface area (Å²) < 4.78 is 5.32. The van der Waals surface area contributed by atoms with Crippen molar-refractivity contribution in [3.05, 3.63) is 77.0 Å². The lowest BCUT2D eigenvalue weighted by Gasteiger charge is -2.13. The lowest BCUT2D eigenvalue weighted by atomic mass is 10.1. The van der Waals surface area contributed by atoms with Crippen LogP contribution in [0.4, 0.5) is 5.69 Å². The molecule has 1 heterocycles. The second-order valence-corrected chi connectivity index (χ2v) is 6.60. The van der Waals surface area contributed by atoms with Crippen molar-refractivity contribution in [1.29, 1.82) is 0 Å². The summed E-state index contributed by atoms with van der Waals surface area (Å²) in [5.41, 5.74) is 2.62. The maximum atomic E-state index is 12.0. The molecular formula is C21H19ClN2O4. The molecule has 0 aliphatic rings. The van der Waals surface area contributed by atoms with Gasteiger partial charge in [0, 0.05) is 22.8 Å². The van der Waals surface area contributed by atoms with Crippen molar-refractivity contribution < 1.29 is 19.1 Å². The van der Waals surface area contributed by atoms with Gasteiger partial charge in [-0.1, -0.05) is 41.9 Å². The molecule has 0 saturated heterocycles. The van der Waals surface area contributed by atoms with Crippen molar-refractivity contribution in [2.45, 2.75) is 13.0 Å². The summed E-state index contributed by atoms with van der Waals surface area (Å²) in [6, 6.07) is 15.8. The number of halogens is 1. The second kappa shape index (κ2) is 8.73. The highest BCUT2D eigenvalue weighted by Crippen LogP contribution is 2.23. The molecule has 1 aromatic heterocycles. The first-order valence-corrected chi connectivity index (χ1v) is 8.99. The van der Waals surface area contributed by atoms with E-state index in [-0.39, 0.29) is 6.54 Å². The van der Waals surface area contributed by atoms with Gasteiger partial charge < -0.3 is 20.2 Å². The van der Waals surface area contributed by atoms with Crippen LogP contribution in [0.1, 0.15) is 17.2 Å². The summed E-state index contributed by atoms with van der Waals surface area (Å²) in [6.45, 7) is 1.65. The number of carbonyl (C=O) groups is 2. The number of rotatable bonds is 5. The molecule has 144 valence electrons. The first-order chi connectivity index (χ1) is 13.5. The molecule has 3 aromatic rings. The summed E-state index contributed by atoms with van der Waals surface area (Å²) >= 11 is 6.00. The van der Waals surface area contributed by atoms with Crippen LogP contribution in [0.3, 0.4) is 0 Å². The Morgan fingerprint density at radius 2 is 1.82 bits per heavy atom. The van der Waals surface area contributed by atoms with Gasteiger partial charge in [-0.2, -0.15) is 0 Å². The molecule has 0 spiro atoms. The van der Waals surface area contributed by atoms with Crippen LogP contribution in [0.5, 0.6) is 0 Å². The van der Waals surface area contributed by atoms with Gasteiger partial charge in [0.1, 0.15) is 5.76 Å². The fourth-order valence-corrected chi connectivity index (χ4v) is 2.80. The Hall–Kier alpha value is -3.09. The molecule has 3 N–H and O–H groups in total. The fourth-order valence-electron chi connectivity index (χ4n) is 2.62. The maximum absolute atomic E-state index is 12.0. The maximum Gasteiger partial charge on any atom is 0.313 e. The van der Waals surface area contributed by atoms with Crippen LogP contribution in [0.25, 0.3) is 11.3 Å². The number of aliphatic hydroxyl groups is 1. The van der Waals surface area contributed by atoms with Gasteiger partial charge in [-0.25, -0.2) is 0 Å². The molecule has 0 saturated carbocycles. The van der Waals surface area contributed by atoms with Crippen LogP contribution in [0.2, 0.25) is 5.02 Å². The fraction of sp³-hybridized carbons (Fsp3) is 0.143. The number of furan rings is 1. The number of hydrogen-bond acceptors (Lipinski definition) is 4. The van der Waals surface area contributed by atoms with Gasteiger partial charge in [0.2, 0.25) is 0 Å². The number of anilines is 1. The van der Waals surface area contributed by atoms with Crippen molar-refractivity contribution in [3.63, 3.8) is 0 Å². The number of amides is 2. The highest BCUT2D eigenvalue weighted by molar-refractivity contribution is 6.40. The van der Waals surface area contributed by atoms with E-state index in [2.05, 4.69) is 10.6 Å². The SMILES string of the molecule is Cc1c(Cl)cccc1NC(=O)C(=O)NC[C@H](O)c1ccc(-c2ccco2)cc1. The largest absolute Gasteiger partial charge is 0.464 e. The van der Waals surface area contributed by atoms with Crippen LogP contribution in [0, 0.1) is 6.92 Å². The number of benzene rings is 2. The Morgan fingerprint density at radius 3 is 2.50 bits per heavy atom. The van der Waals surface area contributed by atoms with E-state index in [0.29, 0.717) is 21.8 Å². The van der Waals surface area contributed by atoms with E-state index in [1.54, 1.807) is 49.6 Å². The number of hydrogen-bond donors (Lipinski definition) is 3. The smallest absolute Gasteiger partial charge is 0.313 e. The van der Waals surface area contributed by atoms with Gasteiger partial charge in [-0.3, -0.25) is 9.59 Å². The van der Waals surface area contributed by atoms with E-state index in [9.17, 15) is 14.7 Å². The summed E-state index contributed by atoms with van der Waals surface area (Å²) in [4.78, 5) is 24.1. The van der Waals surface area contributed by atoms with Gasteiger partial charge in [0.05, 0.1) is 12.4 Å². The zero-order chi connectivity index (χ0) is 20.1. The van der Waals surface area contributed by atoms with Gasteiger partial charge in [0.15, 0.2) is 0 Å². The average Bonchev–Trinajstić information content (AvgIpc) is 3.24. The zero-order valence-corrected chi connectivity index (χ0v) is 15.9. The van der Waals surface area contributed by atoms with Crippen LogP contribution < -0.4 is 10.6 Å². The van der Waals surface area contributed by atoms with Gasteiger partial charge >= 0.3 is 11.8 Å². The highest BCUT2D eigenvalue weighted by atomic mass is 35.5. The minimum Gasteiger partial charge on any atom is -0.464 e. The molecule has 2 amide bonds. The Bertz CT molecular complexity index is 969. The quantitative estimate of drug-likeness (QED) is 0.571. The van der Waals surface area contributed by atoms with E-state index in [1.165, 1.54) is 0 Å². The predicted molar refractivity (Wildman–Crippen MR) is 107 cm³/mol. The second-order valence-electron chi connectivity index (χ2n) is 6.19. The van der Waals surface area contributed by atoms with Gasteiger partial charge in [0.25, 0.3) is 0 Å². The van der Waals surface area contributed by atoms with Crippen LogP contribution >= 0.6 is 11.6 Å². The summed E-state index contributed by atoms with van der Waals surface area (Å²) in [5.74, 6) is -0.946. The molecule has 1 atom stereocenters. The third kappa shape index (κ3) is 4.60. The molecule has 0 bridgehead atoms. The van der Waals surface area contributed by atoms with E-state index >= 15 is 0 Å². The molecule has 6 nitrogen and oxygen atoms in total. The summed E-state index contributed by atoms with van der Waals surface area (Å²) in [5, 5.41) is 15.7. The van der Waals surface area contributed by atoms with E-state index in [0.717, 1.165) is 11.3 Å². The molecule has 2 aromatic carbocycles. The van der Waals surface area contributed by atoms with E-state index in [1.807, 2.05) is 18.2 Å². The molecular weight excluding hydrogens is 380 g/mol. The minimum absolute atomic E-state index is 0.0963. The molecule has 28 heavy (non-hydrogen) atoms. The van der Waals surface area contributed by atoms with Crippen molar-refractivity contribution in [3.8, 4) is 11.3 Å². The Morgan fingerprint density at radius 1 is 1.07 bits per heavy atom. The topological polar surface area (TPSA) is 91.6 Å². The van der Waals surface area contributed by atoms with Crippen molar-refractivity contribution in [1.82, 2.24) is 5.32 Å². The Labute approximate surface area is 167 Å². The minimum atomic E-state index is -0.949. The molecule has 0 fully saturated rings. The van der Waals surface area contributed by atoms with E-state index in [4.69, 9.17) is 16.0 Å². The van der Waals surface area contributed by atoms with Crippen molar-refractivity contribution in [2.24, 2.45) is 0 Å². The van der Waals surface area contributed by atoms with Gasteiger partial charge in [-0.15, -0.1) is 0 Å². The molecule has 0 aliphatic carbocycles. The average molecular weight is 399 g/mol. The predicted octanol–water partition coefficient (Wildman–Crippen LogP) is 3.70. The third-order valence-corrected chi connectivity index (χ3v) is 4.69. The molecule has 0 unspecified atom stereocenters. The molecule has 0 radical (unpaired) electrons. The number of aliphatic hydroxyl groups excluding tert-OH is 1. The Kier molecular flexibility index (Phi) is 6.13. The summed E-state index contributed by atoms with van der Waals surface area (Å²) in [7, 11) is 0. The van der Waals surface area contributed by atoms with Crippen molar-refractivity contribution in [2.75, 3.05) is 11.9 Å². The van der Waals surface area contributed by atoms with Gasteiger partial charge in [-0.05, 0) is 42.3 Å². The lowest BCUT2D eigenvalue weighted by Crippen LogP contribution is -2.37. The standard InChI is InChI=1S/C21H19ClN2O4/c1-13-16(22)4-2-5-17(13)24-21(27)20(26)23-12-18(25)14-7-9-15(10-8-14)19-6-3-11-28-19/h2-11,18,25H,12H2,1H3,(H,23,26)(H,24,27)/t18-/m0/s1. The van der Waals surface area contributed by atoms with E-state index < -0.39 is 17.9 Å². The normalized spacial score (nSPS) is 11.7. The highest BCUT2D eigenvalue weighted by Gasteiger charge is 2.17. The monoisotopic (exact) mass is 398 g/mol. The first-order valence-electron chi connectivity index (χ1n) is 8.62.